The van der Waals surface area contributed by atoms with Crippen LogP contribution in [0.4, 0.5) is 0 Å². The second-order valence-electron chi connectivity index (χ2n) is 6.64. The predicted octanol–water partition coefficient (Wildman–Crippen LogP) is 3.43. The standard InChI is InChI=1S/C21H21NO4/c1-25-20-9-8-19(26-20)21(24)22-11-10-17(18(23)13-22)16-7-6-14-4-2-3-5-15(14)12-16/h2-9,12,17-18,23H,10-11,13H2,1H3/t17-,18+/m0/s1. The lowest BCUT2D eigenvalue weighted by molar-refractivity contribution is 0.0357. The molecule has 1 N–H and O–H groups in total. The summed E-state index contributed by atoms with van der Waals surface area (Å²) in [5, 5.41) is 13.0. The Balaban J connectivity index is 1.49. The third-order valence-electron chi connectivity index (χ3n) is 5.06. The van der Waals surface area contributed by atoms with Crippen LogP contribution in [0.1, 0.15) is 28.5 Å². The minimum absolute atomic E-state index is 0.0230. The molecule has 0 unspecified atom stereocenters. The molecule has 0 radical (unpaired) electrons. The Labute approximate surface area is 151 Å². The Hall–Kier alpha value is -2.79. The van der Waals surface area contributed by atoms with Crippen LogP contribution < -0.4 is 4.74 Å². The summed E-state index contributed by atoms with van der Waals surface area (Å²) in [7, 11) is 1.49. The number of methoxy groups -OCH3 is 1. The summed E-state index contributed by atoms with van der Waals surface area (Å²) >= 11 is 0. The summed E-state index contributed by atoms with van der Waals surface area (Å²) in [5.74, 6) is 0.345. The largest absolute Gasteiger partial charge is 0.468 e. The van der Waals surface area contributed by atoms with Crippen LogP contribution in [-0.2, 0) is 0 Å². The smallest absolute Gasteiger partial charge is 0.289 e. The van der Waals surface area contributed by atoms with E-state index in [-0.39, 0.29) is 17.6 Å². The van der Waals surface area contributed by atoms with Crippen LogP contribution in [0.3, 0.4) is 0 Å². The number of fused-ring (bicyclic) bond motifs is 1. The number of carbonyl (C=O) groups excluding carboxylic acids is 1. The highest BCUT2D eigenvalue weighted by Gasteiger charge is 2.32. The fourth-order valence-corrected chi connectivity index (χ4v) is 3.64. The molecule has 5 nitrogen and oxygen atoms in total. The van der Waals surface area contributed by atoms with Gasteiger partial charge in [0.25, 0.3) is 11.9 Å². The summed E-state index contributed by atoms with van der Waals surface area (Å²) in [6.07, 6.45) is 0.106. The van der Waals surface area contributed by atoms with E-state index in [4.69, 9.17) is 9.15 Å². The lowest BCUT2D eigenvalue weighted by atomic mass is 9.86. The van der Waals surface area contributed by atoms with Crippen molar-refractivity contribution in [3.63, 3.8) is 0 Å². The highest BCUT2D eigenvalue weighted by Crippen LogP contribution is 2.31. The van der Waals surface area contributed by atoms with E-state index in [0.29, 0.717) is 25.5 Å². The Morgan fingerprint density at radius 2 is 1.96 bits per heavy atom. The molecule has 1 saturated heterocycles. The first kappa shape index (κ1) is 16.7. The van der Waals surface area contributed by atoms with Crippen LogP contribution in [0, 0.1) is 0 Å². The van der Waals surface area contributed by atoms with Gasteiger partial charge < -0.3 is 19.2 Å². The van der Waals surface area contributed by atoms with Gasteiger partial charge >= 0.3 is 0 Å². The Kier molecular flexibility index (Phi) is 4.39. The topological polar surface area (TPSA) is 62.9 Å². The molecule has 1 aromatic heterocycles. The van der Waals surface area contributed by atoms with Crippen molar-refractivity contribution in [2.24, 2.45) is 0 Å². The number of carbonyl (C=O) groups is 1. The Morgan fingerprint density at radius 1 is 1.15 bits per heavy atom. The van der Waals surface area contributed by atoms with Crippen LogP contribution in [0.5, 0.6) is 5.95 Å². The number of piperidine rings is 1. The molecule has 1 fully saturated rings. The first-order valence-electron chi connectivity index (χ1n) is 8.75. The lowest BCUT2D eigenvalue weighted by Crippen LogP contribution is -2.45. The molecule has 3 aromatic rings. The number of hydrogen-bond acceptors (Lipinski definition) is 4. The number of aliphatic hydroxyl groups excluding tert-OH is 1. The summed E-state index contributed by atoms with van der Waals surface area (Å²) in [5.41, 5.74) is 1.11. The fourth-order valence-electron chi connectivity index (χ4n) is 3.64. The molecule has 1 aliphatic rings. The normalized spacial score (nSPS) is 20.3. The monoisotopic (exact) mass is 351 g/mol. The van der Waals surface area contributed by atoms with E-state index < -0.39 is 6.10 Å². The number of β-amino-alcohol motifs (C(OH)–C–C–N with tert-alkyl or cyclic N) is 1. The van der Waals surface area contributed by atoms with E-state index in [1.807, 2.05) is 12.1 Å². The maximum atomic E-state index is 12.6. The molecule has 134 valence electrons. The second kappa shape index (κ2) is 6.84. The van der Waals surface area contributed by atoms with Gasteiger partial charge in [0, 0.05) is 25.1 Å². The van der Waals surface area contributed by atoms with Gasteiger partial charge in [0.05, 0.1) is 13.2 Å². The molecule has 26 heavy (non-hydrogen) atoms. The zero-order chi connectivity index (χ0) is 18.1. The first-order chi connectivity index (χ1) is 12.7. The van der Waals surface area contributed by atoms with Crippen molar-refractivity contribution in [3.05, 3.63) is 65.9 Å². The number of ether oxygens (including phenoxy) is 1. The first-order valence-corrected chi connectivity index (χ1v) is 8.75. The van der Waals surface area contributed by atoms with Gasteiger partial charge in [-0.25, -0.2) is 0 Å². The number of benzene rings is 2. The summed E-state index contributed by atoms with van der Waals surface area (Å²) < 4.78 is 10.3. The summed E-state index contributed by atoms with van der Waals surface area (Å²) in [6.45, 7) is 0.871. The minimum Gasteiger partial charge on any atom is -0.468 e. The van der Waals surface area contributed by atoms with Crippen molar-refractivity contribution in [2.45, 2.75) is 18.4 Å². The van der Waals surface area contributed by atoms with Gasteiger partial charge in [-0.15, -0.1) is 0 Å². The second-order valence-corrected chi connectivity index (χ2v) is 6.64. The van der Waals surface area contributed by atoms with Gasteiger partial charge in [-0.1, -0.05) is 42.5 Å². The molecule has 0 bridgehead atoms. The number of aliphatic hydroxyl groups is 1. The minimum atomic E-state index is -0.606. The quantitative estimate of drug-likeness (QED) is 0.785. The van der Waals surface area contributed by atoms with Crippen LogP contribution >= 0.6 is 0 Å². The van der Waals surface area contributed by atoms with Crippen molar-refractivity contribution in [2.75, 3.05) is 20.2 Å². The fraction of sp³-hybridized carbons (Fsp3) is 0.286. The number of likely N-dealkylation sites (tertiary alicyclic amines) is 1. The lowest BCUT2D eigenvalue weighted by Gasteiger charge is -2.35. The van der Waals surface area contributed by atoms with Crippen LogP contribution in [-0.4, -0.2) is 42.2 Å². The van der Waals surface area contributed by atoms with Crippen molar-refractivity contribution in [3.8, 4) is 5.95 Å². The van der Waals surface area contributed by atoms with E-state index >= 15 is 0 Å². The third kappa shape index (κ3) is 3.06. The molecule has 2 atom stereocenters. The average Bonchev–Trinajstić information content (AvgIpc) is 3.16. The number of amides is 1. The predicted molar refractivity (Wildman–Crippen MR) is 98.5 cm³/mol. The molecule has 2 aromatic carbocycles. The molecule has 1 aliphatic heterocycles. The van der Waals surface area contributed by atoms with E-state index in [1.54, 1.807) is 17.0 Å². The molecule has 1 amide bonds. The molecular formula is C21H21NO4. The summed E-state index contributed by atoms with van der Waals surface area (Å²) in [4.78, 5) is 14.2. The summed E-state index contributed by atoms with van der Waals surface area (Å²) in [6, 6.07) is 17.7. The van der Waals surface area contributed by atoms with E-state index in [0.717, 1.165) is 5.56 Å². The molecule has 2 heterocycles. The van der Waals surface area contributed by atoms with Gasteiger partial charge in [-0.3, -0.25) is 4.79 Å². The van der Waals surface area contributed by atoms with Gasteiger partial charge in [-0.2, -0.15) is 0 Å². The van der Waals surface area contributed by atoms with Crippen molar-refractivity contribution in [1.29, 1.82) is 0 Å². The van der Waals surface area contributed by atoms with Crippen molar-refractivity contribution in [1.82, 2.24) is 4.90 Å². The highest BCUT2D eigenvalue weighted by molar-refractivity contribution is 5.91. The third-order valence-corrected chi connectivity index (χ3v) is 5.06. The van der Waals surface area contributed by atoms with Gasteiger partial charge in [0.15, 0.2) is 5.76 Å². The number of rotatable bonds is 3. The highest BCUT2D eigenvalue weighted by atomic mass is 16.6. The van der Waals surface area contributed by atoms with E-state index in [2.05, 4.69) is 30.3 Å². The molecule has 5 heteroatoms. The van der Waals surface area contributed by atoms with E-state index in [9.17, 15) is 9.90 Å². The molecule has 0 aliphatic carbocycles. The molecule has 4 rings (SSSR count). The molecule has 0 saturated carbocycles. The maximum absolute atomic E-state index is 12.6. The Bertz CT molecular complexity index is 932. The number of hydrogen-bond donors (Lipinski definition) is 1. The maximum Gasteiger partial charge on any atom is 0.289 e. The number of nitrogens with zero attached hydrogens (tertiary/aromatic N) is 1. The average molecular weight is 351 g/mol. The SMILES string of the molecule is COc1ccc(C(=O)N2CC[C@@H](c3ccc4ccccc4c3)[C@H](O)C2)o1. The van der Waals surface area contributed by atoms with Gasteiger partial charge in [0.1, 0.15) is 0 Å². The molecular weight excluding hydrogens is 330 g/mol. The van der Waals surface area contributed by atoms with Crippen molar-refractivity contribution < 1.29 is 19.1 Å². The van der Waals surface area contributed by atoms with Crippen LogP contribution in [0.25, 0.3) is 10.8 Å². The Morgan fingerprint density at radius 3 is 2.69 bits per heavy atom. The van der Waals surface area contributed by atoms with Crippen LogP contribution in [0.15, 0.2) is 59.0 Å². The van der Waals surface area contributed by atoms with Crippen LogP contribution in [0.2, 0.25) is 0 Å². The van der Waals surface area contributed by atoms with Gasteiger partial charge in [-0.05, 0) is 28.8 Å². The number of furan rings is 1. The molecule has 0 spiro atoms. The van der Waals surface area contributed by atoms with E-state index in [1.165, 1.54) is 17.9 Å². The zero-order valence-electron chi connectivity index (χ0n) is 14.6. The van der Waals surface area contributed by atoms with Gasteiger partial charge in [0.2, 0.25) is 0 Å². The van der Waals surface area contributed by atoms with Crippen molar-refractivity contribution >= 4 is 16.7 Å². The zero-order valence-corrected chi connectivity index (χ0v) is 14.6.